The van der Waals surface area contributed by atoms with Gasteiger partial charge in [0, 0.05) is 17.1 Å². The number of carbonyl (C=O) groups is 2. The van der Waals surface area contributed by atoms with Crippen LogP contribution >= 0.6 is 15.9 Å². The first kappa shape index (κ1) is 26.9. The maximum atomic E-state index is 13.4. The molecule has 0 saturated carbocycles. The second-order valence-corrected chi connectivity index (χ2v) is 11.1. The maximum absolute atomic E-state index is 13.4. The summed E-state index contributed by atoms with van der Waals surface area (Å²) in [6, 6.07) is 13.9. The number of carbonyl (C=O) groups excluding carboxylic acids is 2. The molecule has 2 amide bonds. The summed E-state index contributed by atoms with van der Waals surface area (Å²) in [6.45, 7) is 7.10. The van der Waals surface area contributed by atoms with Crippen LogP contribution in [0.5, 0.6) is 0 Å². The van der Waals surface area contributed by atoms with Gasteiger partial charge in [-0.25, -0.2) is 8.42 Å². The SMILES string of the molecule is Cc1cc(N(CC(=O)N(CCc2ccccc2)C(C)C(=O)NC(C)C)S(C)(=O)=O)ccc1Br. The predicted molar refractivity (Wildman–Crippen MR) is 136 cm³/mol. The second-order valence-electron chi connectivity index (χ2n) is 8.37. The van der Waals surface area contributed by atoms with Crippen LogP contribution in [-0.2, 0) is 26.0 Å². The second kappa shape index (κ2) is 11.7. The Morgan fingerprint density at radius 1 is 1.06 bits per heavy atom. The summed E-state index contributed by atoms with van der Waals surface area (Å²) in [5.74, 6) is -0.722. The van der Waals surface area contributed by atoms with Crippen molar-refractivity contribution in [2.75, 3.05) is 23.7 Å². The van der Waals surface area contributed by atoms with Gasteiger partial charge in [-0.2, -0.15) is 0 Å². The Kier molecular flexibility index (Phi) is 9.48. The molecule has 0 heterocycles. The lowest BCUT2D eigenvalue weighted by Gasteiger charge is -2.32. The monoisotopic (exact) mass is 537 g/mol. The molecular weight excluding hydrogens is 506 g/mol. The number of rotatable bonds is 10. The first-order valence-corrected chi connectivity index (χ1v) is 13.4. The molecule has 0 spiro atoms. The fraction of sp³-hybridized carbons (Fsp3) is 0.417. The quantitative estimate of drug-likeness (QED) is 0.502. The molecule has 1 N–H and O–H groups in total. The van der Waals surface area contributed by atoms with E-state index in [1.165, 1.54) is 4.90 Å². The fourth-order valence-electron chi connectivity index (χ4n) is 3.37. The number of halogens is 1. The van der Waals surface area contributed by atoms with Gasteiger partial charge in [0.05, 0.1) is 11.9 Å². The molecule has 9 heteroatoms. The molecule has 0 bridgehead atoms. The van der Waals surface area contributed by atoms with E-state index in [-0.39, 0.29) is 18.5 Å². The van der Waals surface area contributed by atoms with Crippen molar-refractivity contribution in [1.29, 1.82) is 0 Å². The Labute approximate surface area is 205 Å². The molecule has 1 atom stereocenters. The third kappa shape index (κ3) is 7.85. The Morgan fingerprint density at radius 3 is 2.24 bits per heavy atom. The van der Waals surface area contributed by atoms with Gasteiger partial charge in [-0.1, -0.05) is 46.3 Å². The molecule has 0 radical (unpaired) electrons. The first-order valence-electron chi connectivity index (χ1n) is 10.8. The van der Waals surface area contributed by atoms with Crippen molar-refractivity contribution in [1.82, 2.24) is 10.2 Å². The molecule has 0 saturated heterocycles. The molecule has 2 aromatic rings. The number of aryl methyl sites for hydroxylation is 1. The fourth-order valence-corrected chi connectivity index (χ4v) is 4.46. The molecule has 7 nitrogen and oxygen atoms in total. The summed E-state index contributed by atoms with van der Waals surface area (Å²) >= 11 is 3.41. The summed E-state index contributed by atoms with van der Waals surface area (Å²) in [5.41, 5.74) is 2.27. The highest BCUT2D eigenvalue weighted by Gasteiger charge is 2.30. The van der Waals surface area contributed by atoms with E-state index >= 15 is 0 Å². The van der Waals surface area contributed by atoms with Gasteiger partial charge in [-0.15, -0.1) is 0 Å². The highest BCUT2D eigenvalue weighted by molar-refractivity contribution is 9.10. The normalized spacial score (nSPS) is 12.3. The van der Waals surface area contributed by atoms with E-state index in [0.29, 0.717) is 12.1 Å². The topological polar surface area (TPSA) is 86.8 Å². The van der Waals surface area contributed by atoms with Gasteiger partial charge in [0.15, 0.2) is 0 Å². The van der Waals surface area contributed by atoms with Crippen LogP contribution in [-0.4, -0.2) is 56.6 Å². The number of hydrogen-bond acceptors (Lipinski definition) is 4. The van der Waals surface area contributed by atoms with Crippen LogP contribution in [0.4, 0.5) is 5.69 Å². The summed E-state index contributed by atoms with van der Waals surface area (Å²) in [5, 5.41) is 2.84. The van der Waals surface area contributed by atoms with Gasteiger partial charge < -0.3 is 10.2 Å². The molecule has 0 fully saturated rings. The van der Waals surface area contributed by atoms with Crippen molar-refractivity contribution in [2.45, 2.75) is 46.2 Å². The standard InChI is InChI=1S/C24H32BrN3O4S/c1-17(2)26-24(30)19(4)27(14-13-20-9-7-6-8-10-20)23(29)16-28(33(5,31)32)21-11-12-22(25)18(3)15-21/h6-12,15,17,19H,13-14,16H2,1-5H3,(H,26,30). The van der Waals surface area contributed by atoms with Gasteiger partial charge in [0.2, 0.25) is 21.8 Å². The van der Waals surface area contributed by atoms with Crippen molar-refractivity contribution in [3.8, 4) is 0 Å². The van der Waals surface area contributed by atoms with Gasteiger partial charge >= 0.3 is 0 Å². The zero-order valence-corrected chi connectivity index (χ0v) is 22.1. The van der Waals surface area contributed by atoms with Crippen LogP contribution in [0.15, 0.2) is 53.0 Å². The smallest absolute Gasteiger partial charge is 0.244 e. The van der Waals surface area contributed by atoms with Crippen molar-refractivity contribution in [3.63, 3.8) is 0 Å². The molecule has 180 valence electrons. The predicted octanol–water partition coefficient (Wildman–Crippen LogP) is 3.51. The zero-order chi connectivity index (χ0) is 24.8. The van der Waals surface area contributed by atoms with Crippen molar-refractivity contribution >= 4 is 43.5 Å². The van der Waals surface area contributed by atoms with Gasteiger partial charge in [0.25, 0.3) is 0 Å². The summed E-state index contributed by atoms with van der Waals surface area (Å²) in [4.78, 5) is 27.6. The molecule has 1 unspecified atom stereocenters. The van der Waals surface area contributed by atoms with Crippen molar-refractivity contribution in [2.24, 2.45) is 0 Å². The highest BCUT2D eigenvalue weighted by Crippen LogP contribution is 2.25. The maximum Gasteiger partial charge on any atom is 0.244 e. The van der Waals surface area contributed by atoms with Gasteiger partial charge in [-0.3, -0.25) is 13.9 Å². The van der Waals surface area contributed by atoms with E-state index < -0.39 is 28.5 Å². The Bertz CT molecular complexity index is 1070. The summed E-state index contributed by atoms with van der Waals surface area (Å²) in [6.07, 6.45) is 1.61. The van der Waals surface area contributed by atoms with Gasteiger partial charge in [-0.05, 0) is 63.4 Å². The average molecular weight is 539 g/mol. The number of anilines is 1. The molecule has 33 heavy (non-hydrogen) atoms. The minimum Gasteiger partial charge on any atom is -0.352 e. The van der Waals surface area contributed by atoms with E-state index in [0.717, 1.165) is 26.2 Å². The zero-order valence-electron chi connectivity index (χ0n) is 19.7. The van der Waals surface area contributed by atoms with Crippen LogP contribution in [0.1, 0.15) is 31.9 Å². The van der Waals surface area contributed by atoms with Gasteiger partial charge in [0.1, 0.15) is 12.6 Å². The summed E-state index contributed by atoms with van der Waals surface area (Å²) in [7, 11) is -3.74. The van der Waals surface area contributed by atoms with E-state index in [1.807, 2.05) is 51.1 Å². The minimum atomic E-state index is -3.74. The van der Waals surface area contributed by atoms with Crippen LogP contribution in [0, 0.1) is 6.92 Å². The number of hydrogen-bond donors (Lipinski definition) is 1. The van der Waals surface area contributed by atoms with Crippen LogP contribution < -0.4 is 9.62 Å². The Balaban J connectivity index is 2.33. The number of amides is 2. The number of nitrogens with one attached hydrogen (secondary N) is 1. The first-order chi connectivity index (χ1) is 15.4. The molecule has 2 aromatic carbocycles. The molecule has 0 aliphatic rings. The molecule has 2 rings (SSSR count). The third-order valence-electron chi connectivity index (χ3n) is 5.19. The van der Waals surface area contributed by atoms with Crippen LogP contribution in [0.25, 0.3) is 0 Å². The van der Waals surface area contributed by atoms with Crippen LogP contribution in [0.3, 0.4) is 0 Å². The Hall–Kier alpha value is -2.39. The molecular formula is C24H32BrN3O4S. The molecule has 0 aromatic heterocycles. The van der Waals surface area contributed by atoms with E-state index in [4.69, 9.17) is 0 Å². The highest BCUT2D eigenvalue weighted by atomic mass is 79.9. The lowest BCUT2D eigenvalue weighted by molar-refractivity contribution is -0.139. The lowest BCUT2D eigenvalue weighted by Crippen LogP contribution is -2.53. The van der Waals surface area contributed by atoms with E-state index in [2.05, 4.69) is 21.2 Å². The summed E-state index contributed by atoms with van der Waals surface area (Å²) < 4.78 is 27.1. The number of benzene rings is 2. The van der Waals surface area contributed by atoms with Crippen molar-refractivity contribution in [3.05, 3.63) is 64.1 Å². The number of sulfonamides is 1. The van der Waals surface area contributed by atoms with E-state index in [1.54, 1.807) is 25.1 Å². The number of nitrogens with zero attached hydrogens (tertiary/aromatic N) is 2. The van der Waals surface area contributed by atoms with Crippen LogP contribution in [0.2, 0.25) is 0 Å². The molecule has 0 aliphatic heterocycles. The Morgan fingerprint density at radius 2 is 1.70 bits per heavy atom. The third-order valence-corrected chi connectivity index (χ3v) is 7.22. The van der Waals surface area contributed by atoms with Crippen molar-refractivity contribution < 1.29 is 18.0 Å². The lowest BCUT2D eigenvalue weighted by atomic mass is 10.1. The van der Waals surface area contributed by atoms with E-state index in [9.17, 15) is 18.0 Å². The molecule has 0 aliphatic carbocycles. The minimum absolute atomic E-state index is 0.0794. The largest absolute Gasteiger partial charge is 0.352 e. The average Bonchev–Trinajstić information content (AvgIpc) is 2.73.